The van der Waals surface area contributed by atoms with Crippen LogP contribution in [-0.4, -0.2) is 123 Å². The molecule has 0 radical (unpaired) electrons. The summed E-state index contributed by atoms with van der Waals surface area (Å²) in [7, 11) is 4.00. The molecule has 43 heavy (non-hydrogen) atoms. The number of fused-ring (bicyclic) bond motifs is 2. The Morgan fingerprint density at radius 2 is 1.16 bits per heavy atom. The summed E-state index contributed by atoms with van der Waals surface area (Å²) in [5, 5.41) is 18.3. The molecule has 6 fully saturated rings. The van der Waals surface area contributed by atoms with Crippen LogP contribution in [-0.2, 0) is 23.7 Å². The zero-order valence-electron chi connectivity index (χ0n) is 27.8. The molecule has 0 spiro atoms. The van der Waals surface area contributed by atoms with Gasteiger partial charge in [-0.05, 0) is 104 Å². The molecule has 248 valence electrons. The minimum absolute atomic E-state index is 0. The second kappa shape index (κ2) is 16.9. The van der Waals surface area contributed by atoms with E-state index in [1.54, 1.807) is 25.7 Å². The number of aliphatic hydroxyl groups is 1. The number of amides is 2. The fourth-order valence-corrected chi connectivity index (χ4v) is 5.65. The van der Waals surface area contributed by atoms with E-state index in [0.29, 0.717) is 24.3 Å². The quantitative estimate of drug-likeness (QED) is 0.452. The Hall–Kier alpha value is -1.98. The maximum absolute atomic E-state index is 11.8. The van der Waals surface area contributed by atoms with Crippen molar-refractivity contribution in [2.24, 2.45) is 23.7 Å². The number of carbonyl (C=O) groups is 3. The first-order valence-electron chi connectivity index (χ1n) is 16.2. The lowest BCUT2D eigenvalue weighted by Crippen LogP contribution is -2.45. The summed E-state index contributed by atoms with van der Waals surface area (Å²) in [6.45, 7) is 16.2. The van der Waals surface area contributed by atoms with Gasteiger partial charge in [-0.3, -0.25) is 4.90 Å². The van der Waals surface area contributed by atoms with Crippen LogP contribution in [0, 0.1) is 23.7 Å². The fraction of sp³-hybridized carbons (Fsp3) is 0.900. The van der Waals surface area contributed by atoms with Gasteiger partial charge in [0.15, 0.2) is 0 Å². The standard InChI is InChI=1S/C11H17NO4.C11H19NO3.2C4H8O.B2H4.H2/c1-11(2,3)16-10(15)12-5-6-4-7(6)8(12)9(13)14;1-11(2,3)15-10(14)12-5-7-4-8(7)9(12)6-13;2*1-2-4-5-3-1;1-2;/h6-8H,4-5H2,1-3H3,(H,13,14);7-9,13H,4-6H2,1-3H3;2*1-4H2;1-2H2;1H/t6-,7-,8+;7-,8-,9-;;;;/m00..../s1. The number of carbonyl (C=O) groups excluding carboxylic acids is 2. The van der Waals surface area contributed by atoms with Gasteiger partial charge in [-0.25, -0.2) is 14.4 Å². The van der Waals surface area contributed by atoms with Crippen molar-refractivity contribution >= 4 is 33.6 Å². The first kappa shape index (κ1) is 37.2. The summed E-state index contributed by atoms with van der Waals surface area (Å²) < 4.78 is 20.4. The highest BCUT2D eigenvalue weighted by atomic mass is 16.6. The minimum Gasteiger partial charge on any atom is -0.480 e. The third-order valence-electron chi connectivity index (χ3n) is 7.80. The van der Waals surface area contributed by atoms with Crippen molar-refractivity contribution in [2.45, 2.75) is 103 Å². The van der Waals surface area contributed by atoms with Crippen molar-refractivity contribution in [3.63, 3.8) is 0 Å². The van der Waals surface area contributed by atoms with Gasteiger partial charge in [-0.1, -0.05) is 0 Å². The van der Waals surface area contributed by atoms with Gasteiger partial charge in [0, 0.05) is 40.9 Å². The van der Waals surface area contributed by atoms with Crippen molar-refractivity contribution in [3.8, 4) is 0 Å². The Balaban J connectivity index is 0.000000317. The van der Waals surface area contributed by atoms with Crippen LogP contribution in [0.15, 0.2) is 0 Å². The third-order valence-corrected chi connectivity index (χ3v) is 7.80. The van der Waals surface area contributed by atoms with Crippen LogP contribution >= 0.6 is 0 Å². The van der Waals surface area contributed by atoms with Crippen molar-refractivity contribution in [2.75, 3.05) is 46.1 Å². The van der Waals surface area contributed by atoms with Crippen LogP contribution in [0.5, 0.6) is 0 Å². The molecule has 4 aliphatic heterocycles. The van der Waals surface area contributed by atoms with Crippen LogP contribution in [0.2, 0.25) is 0 Å². The monoisotopic (exact) mass is 612 g/mol. The number of aliphatic carboxylic acids is 1. The van der Waals surface area contributed by atoms with Crippen LogP contribution in [0.1, 0.15) is 81.5 Å². The number of rotatable bonds is 2. The SMILES string of the molecule is BB.C1CCOC1.C1CCOC1.CC(C)(C)OC(=O)N1C[C@@H]2C[C@@H]2[C@@H]1C(=O)O.CC(C)(C)OC(=O)N1C[C@@H]2C[C@@H]2[C@@H]1CO.[HH]. The molecule has 4 heterocycles. The second-order valence-corrected chi connectivity index (χ2v) is 13.8. The predicted molar refractivity (Wildman–Crippen MR) is 171 cm³/mol. The number of piperidine rings is 2. The number of hydrogen-bond acceptors (Lipinski definition) is 8. The van der Waals surface area contributed by atoms with Crippen LogP contribution in [0.4, 0.5) is 9.59 Å². The zero-order valence-corrected chi connectivity index (χ0v) is 27.8. The average Bonchev–Trinajstić information content (AvgIpc) is 3.49. The van der Waals surface area contributed by atoms with Crippen molar-refractivity contribution in [1.82, 2.24) is 9.80 Å². The van der Waals surface area contributed by atoms with Crippen LogP contribution in [0.25, 0.3) is 0 Å². The number of carboxylic acid groups (broad SMARTS) is 1. The molecule has 2 amide bonds. The molecule has 6 rings (SSSR count). The number of ether oxygens (including phenoxy) is 4. The summed E-state index contributed by atoms with van der Waals surface area (Å²) in [6, 6.07) is -0.690. The molecule has 0 bridgehead atoms. The molecule has 13 heteroatoms. The third kappa shape index (κ3) is 12.5. The van der Waals surface area contributed by atoms with Crippen LogP contribution < -0.4 is 0 Å². The van der Waals surface area contributed by atoms with E-state index in [2.05, 4.69) is 0 Å². The molecular formula is C30H58B2N2O9. The summed E-state index contributed by atoms with van der Waals surface area (Å²) in [4.78, 5) is 37.7. The topological polar surface area (TPSA) is 135 Å². The van der Waals surface area contributed by atoms with Gasteiger partial charge in [0.2, 0.25) is 0 Å². The van der Waals surface area contributed by atoms with E-state index in [0.717, 1.165) is 45.8 Å². The molecule has 6 atom stereocenters. The molecule has 2 N–H and O–H groups in total. The number of hydrogen-bond donors (Lipinski definition) is 2. The van der Waals surface area contributed by atoms with Gasteiger partial charge < -0.3 is 34.1 Å². The first-order chi connectivity index (χ1) is 20.2. The van der Waals surface area contributed by atoms with E-state index in [4.69, 9.17) is 24.1 Å². The van der Waals surface area contributed by atoms with E-state index in [-0.39, 0.29) is 26.1 Å². The van der Waals surface area contributed by atoms with E-state index >= 15 is 0 Å². The second-order valence-electron chi connectivity index (χ2n) is 13.8. The molecule has 2 saturated carbocycles. The van der Waals surface area contributed by atoms with Crippen LogP contribution in [0.3, 0.4) is 0 Å². The van der Waals surface area contributed by atoms with E-state index in [1.165, 1.54) is 30.6 Å². The lowest BCUT2D eigenvalue weighted by atomic mass is 9.81. The maximum Gasteiger partial charge on any atom is 0.411 e. The average molecular weight is 612 g/mol. The van der Waals surface area contributed by atoms with E-state index in [1.807, 2.05) is 36.2 Å². The number of likely N-dealkylation sites (tertiary alicyclic amines) is 2. The molecule has 2 aliphatic carbocycles. The van der Waals surface area contributed by atoms with Crippen molar-refractivity contribution < 1.29 is 45.0 Å². The minimum atomic E-state index is -0.921. The Bertz CT molecular complexity index is 870. The normalized spacial score (nSPS) is 29.5. The molecule has 4 saturated heterocycles. The van der Waals surface area contributed by atoms with Gasteiger partial charge in [-0.2, -0.15) is 0 Å². The molecule has 11 nitrogen and oxygen atoms in total. The summed E-state index contributed by atoms with van der Waals surface area (Å²) in [5.41, 5.74) is -1.03. The van der Waals surface area contributed by atoms with Gasteiger partial charge in [0.25, 0.3) is 0 Å². The molecule has 0 aromatic rings. The highest BCUT2D eigenvalue weighted by Gasteiger charge is 2.58. The molecular weight excluding hydrogens is 554 g/mol. The zero-order chi connectivity index (χ0) is 32.4. The Morgan fingerprint density at radius 1 is 0.767 bits per heavy atom. The smallest absolute Gasteiger partial charge is 0.411 e. The maximum atomic E-state index is 11.8. The van der Waals surface area contributed by atoms with Gasteiger partial charge >= 0.3 is 18.2 Å². The highest BCUT2D eigenvalue weighted by molar-refractivity contribution is 6.75. The number of carboxylic acids is 1. The highest BCUT2D eigenvalue weighted by Crippen LogP contribution is 2.50. The summed E-state index contributed by atoms with van der Waals surface area (Å²) in [6.07, 6.45) is 6.40. The number of nitrogens with zero attached hydrogens (tertiary/aromatic N) is 2. The Morgan fingerprint density at radius 3 is 1.53 bits per heavy atom. The van der Waals surface area contributed by atoms with Crippen molar-refractivity contribution in [3.05, 3.63) is 0 Å². The largest absolute Gasteiger partial charge is 0.480 e. The van der Waals surface area contributed by atoms with E-state index < -0.39 is 29.3 Å². The first-order valence-corrected chi connectivity index (χ1v) is 16.2. The lowest BCUT2D eigenvalue weighted by molar-refractivity contribution is -0.142. The van der Waals surface area contributed by atoms with Gasteiger partial charge in [-0.15, -0.1) is 0 Å². The van der Waals surface area contributed by atoms with Gasteiger partial charge in [0.1, 0.15) is 17.2 Å². The van der Waals surface area contributed by atoms with Crippen molar-refractivity contribution in [1.29, 1.82) is 0 Å². The predicted octanol–water partition coefficient (Wildman–Crippen LogP) is 2.57. The van der Waals surface area contributed by atoms with Gasteiger partial charge in [0.05, 0.1) is 28.1 Å². The lowest BCUT2D eigenvalue weighted by Gasteiger charge is -2.29. The Kier molecular flexibility index (Phi) is 14.6. The fourth-order valence-electron chi connectivity index (χ4n) is 5.65. The Labute approximate surface area is 261 Å². The summed E-state index contributed by atoms with van der Waals surface area (Å²) in [5.74, 6) is 0.715. The molecule has 6 aliphatic rings. The molecule has 0 unspecified atom stereocenters. The van der Waals surface area contributed by atoms with E-state index in [9.17, 15) is 19.5 Å². The molecule has 0 aromatic carbocycles. The number of aliphatic hydroxyl groups excluding tert-OH is 1. The molecule has 0 aromatic heterocycles. The summed E-state index contributed by atoms with van der Waals surface area (Å²) >= 11 is 0.